The Hall–Kier alpha value is -1.41. The van der Waals surface area contributed by atoms with Crippen LogP contribution in [-0.2, 0) is 11.0 Å². The van der Waals surface area contributed by atoms with Gasteiger partial charge in [-0.2, -0.15) is 13.2 Å². The number of hydrogen-bond acceptors (Lipinski definition) is 4. The highest BCUT2D eigenvalue weighted by Gasteiger charge is 2.48. The molecule has 1 aromatic rings. The van der Waals surface area contributed by atoms with Crippen LogP contribution in [0.4, 0.5) is 19.0 Å². The predicted molar refractivity (Wildman–Crippen MR) is 75.8 cm³/mol. The van der Waals surface area contributed by atoms with E-state index in [1.807, 2.05) is 0 Å². The Morgan fingerprint density at radius 3 is 2.55 bits per heavy atom. The lowest BCUT2D eigenvalue weighted by Crippen LogP contribution is -2.43. The number of nitrogens with zero attached hydrogens (tertiary/aromatic N) is 3. The average Bonchev–Trinajstić information content (AvgIpc) is 2.76. The van der Waals surface area contributed by atoms with Crippen molar-refractivity contribution in [2.45, 2.75) is 25.4 Å². The van der Waals surface area contributed by atoms with E-state index in [9.17, 15) is 18.0 Å². The molecule has 0 radical (unpaired) electrons. The number of hydrogen-bond donors (Lipinski definition) is 1. The molecular weight excluding hydrogens is 321 g/mol. The zero-order valence-corrected chi connectivity index (χ0v) is 12.5. The summed E-state index contributed by atoms with van der Waals surface area (Å²) in [6, 6.07) is 1.35. The van der Waals surface area contributed by atoms with E-state index in [0.29, 0.717) is 13.0 Å². The van der Waals surface area contributed by atoms with Crippen molar-refractivity contribution in [1.82, 2.24) is 15.3 Å². The molecule has 122 valence electrons. The van der Waals surface area contributed by atoms with Crippen LogP contribution in [0.3, 0.4) is 0 Å². The first kappa shape index (κ1) is 17.0. The van der Waals surface area contributed by atoms with Gasteiger partial charge in [-0.05, 0) is 38.4 Å². The van der Waals surface area contributed by atoms with Gasteiger partial charge in [-0.15, -0.1) is 12.4 Å². The van der Waals surface area contributed by atoms with Crippen LogP contribution in [0.5, 0.6) is 0 Å². The first-order valence-electron chi connectivity index (χ1n) is 6.85. The maximum Gasteiger partial charge on any atom is 0.451 e. The van der Waals surface area contributed by atoms with Crippen LogP contribution in [0, 0.1) is 5.41 Å². The number of amides is 1. The zero-order valence-electron chi connectivity index (χ0n) is 11.7. The minimum Gasteiger partial charge on any atom is -0.317 e. The van der Waals surface area contributed by atoms with Gasteiger partial charge in [0, 0.05) is 12.7 Å². The molecule has 1 spiro atoms. The van der Waals surface area contributed by atoms with Crippen LogP contribution >= 0.6 is 12.4 Å². The van der Waals surface area contributed by atoms with Crippen molar-refractivity contribution in [3.8, 4) is 0 Å². The third-order valence-corrected chi connectivity index (χ3v) is 4.24. The third kappa shape index (κ3) is 2.89. The maximum atomic E-state index is 12.7. The van der Waals surface area contributed by atoms with Crippen molar-refractivity contribution in [1.29, 1.82) is 0 Å². The van der Waals surface area contributed by atoms with E-state index < -0.39 is 17.4 Å². The Labute approximate surface area is 131 Å². The van der Waals surface area contributed by atoms with Crippen LogP contribution in [-0.4, -0.2) is 35.5 Å². The van der Waals surface area contributed by atoms with Crippen LogP contribution in [0.15, 0.2) is 12.3 Å². The number of alkyl halides is 3. The second kappa shape index (κ2) is 6.00. The summed E-state index contributed by atoms with van der Waals surface area (Å²) in [5.41, 5.74) is -0.436. The highest BCUT2D eigenvalue weighted by Crippen LogP contribution is 2.41. The monoisotopic (exact) mass is 336 g/mol. The van der Waals surface area contributed by atoms with Gasteiger partial charge in [-0.25, -0.2) is 9.97 Å². The summed E-state index contributed by atoms with van der Waals surface area (Å²) in [6.45, 7) is 1.93. The van der Waals surface area contributed by atoms with E-state index in [0.717, 1.165) is 32.1 Å². The number of halogens is 4. The highest BCUT2D eigenvalue weighted by molar-refractivity contribution is 5.99. The SMILES string of the molecule is Cl.O=C1N(c2ccnc(C(F)(F)F)n2)CCC12CCNCC2. The van der Waals surface area contributed by atoms with E-state index in [1.54, 1.807) is 0 Å². The molecule has 3 rings (SSSR count). The molecule has 1 amide bonds. The van der Waals surface area contributed by atoms with Crippen molar-refractivity contribution in [2.75, 3.05) is 24.5 Å². The maximum absolute atomic E-state index is 12.7. The number of nitrogens with one attached hydrogen (secondary N) is 1. The molecule has 5 nitrogen and oxygen atoms in total. The molecule has 2 saturated heterocycles. The number of piperidine rings is 1. The van der Waals surface area contributed by atoms with Gasteiger partial charge in [-0.1, -0.05) is 0 Å². The lowest BCUT2D eigenvalue weighted by atomic mass is 9.78. The van der Waals surface area contributed by atoms with Crippen molar-refractivity contribution in [3.63, 3.8) is 0 Å². The number of carbonyl (C=O) groups is 1. The largest absolute Gasteiger partial charge is 0.451 e. The molecule has 0 atom stereocenters. The molecule has 2 fully saturated rings. The van der Waals surface area contributed by atoms with Gasteiger partial charge in [0.2, 0.25) is 11.7 Å². The third-order valence-electron chi connectivity index (χ3n) is 4.24. The number of rotatable bonds is 1. The second-order valence-electron chi connectivity index (χ2n) is 5.47. The van der Waals surface area contributed by atoms with E-state index >= 15 is 0 Å². The van der Waals surface area contributed by atoms with Crippen LogP contribution < -0.4 is 10.2 Å². The summed E-state index contributed by atoms with van der Waals surface area (Å²) in [4.78, 5) is 20.7. The molecule has 0 aliphatic carbocycles. The zero-order chi connectivity index (χ0) is 15.1. The molecule has 1 aromatic heterocycles. The van der Waals surface area contributed by atoms with Gasteiger partial charge < -0.3 is 5.32 Å². The molecule has 22 heavy (non-hydrogen) atoms. The Bertz CT molecular complexity index is 560. The second-order valence-corrected chi connectivity index (χ2v) is 5.47. The quantitative estimate of drug-likeness (QED) is 0.852. The van der Waals surface area contributed by atoms with Crippen LogP contribution in [0.25, 0.3) is 0 Å². The van der Waals surface area contributed by atoms with Gasteiger partial charge in [-0.3, -0.25) is 9.69 Å². The first-order chi connectivity index (χ1) is 9.92. The smallest absolute Gasteiger partial charge is 0.317 e. The summed E-state index contributed by atoms with van der Waals surface area (Å²) in [7, 11) is 0. The molecule has 0 unspecified atom stereocenters. The lowest BCUT2D eigenvalue weighted by molar-refractivity contribution is -0.145. The number of anilines is 1. The molecule has 2 aliphatic heterocycles. The minimum absolute atomic E-state index is 0. The van der Waals surface area contributed by atoms with Gasteiger partial charge in [0.05, 0.1) is 5.41 Å². The topological polar surface area (TPSA) is 58.1 Å². The molecule has 2 aliphatic rings. The van der Waals surface area contributed by atoms with Gasteiger partial charge in [0.1, 0.15) is 5.82 Å². The first-order valence-corrected chi connectivity index (χ1v) is 6.85. The minimum atomic E-state index is -4.61. The Morgan fingerprint density at radius 2 is 1.91 bits per heavy atom. The molecule has 3 heterocycles. The molecule has 0 bridgehead atoms. The fraction of sp³-hybridized carbons (Fsp3) is 0.615. The van der Waals surface area contributed by atoms with Crippen molar-refractivity contribution >= 4 is 24.1 Å². The van der Waals surface area contributed by atoms with E-state index in [2.05, 4.69) is 15.3 Å². The van der Waals surface area contributed by atoms with Crippen LogP contribution in [0.2, 0.25) is 0 Å². The fourth-order valence-electron chi connectivity index (χ4n) is 3.04. The lowest BCUT2D eigenvalue weighted by Gasteiger charge is -2.31. The average molecular weight is 337 g/mol. The van der Waals surface area contributed by atoms with E-state index in [4.69, 9.17) is 0 Å². The summed E-state index contributed by atoms with van der Waals surface area (Å²) >= 11 is 0. The van der Waals surface area contributed by atoms with Crippen molar-refractivity contribution in [2.24, 2.45) is 5.41 Å². The number of carbonyl (C=O) groups excluding carboxylic acids is 1. The Morgan fingerprint density at radius 1 is 1.23 bits per heavy atom. The molecular formula is C13H16ClF3N4O. The van der Waals surface area contributed by atoms with E-state index in [-0.39, 0.29) is 24.1 Å². The van der Waals surface area contributed by atoms with Crippen molar-refractivity contribution in [3.05, 3.63) is 18.1 Å². The van der Waals surface area contributed by atoms with E-state index in [1.165, 1.54) is 11.0 Å². The van der Waals surface area contributed by atoms with Gasteiger partial charge in [0.15, 0.2) is 0 Å². The molecule has 0 aromatic carbocycles. The summed E-state index contributed by atoms with van der Waals surface area (Å²) in [5.74, 6) is -1.28. The number of aromatic nitrogens is 2. The fourth-order valence-corrected chi connectivity index (χ4v) is 3.04. The van der Waals surface area contributed by atoms with Gasteiger partial charge in [0.25, 0.3) is 0 Å². The predicted octanol–water partition coefficient (Wildman–Crippen LogP) is 2.02. The van der Waals surface area contributed by atoms with Crippen molar-refractivity contribution < 1.29 is 18.0 Å². The summed E-state index contributed by atoms with van der Waals surface area (Å²) < 4.78 is 38.0. The summed E-state index contributed by atoms with van der Waals surface area (Å²) in [5, 5.41) is 3.19. The highest BCUT2D eigenvalue weighted by atomic mass is 35.5. The molecule has 9 heteroatoms. The van der Waals surface area contributed by atoms with Gasteiger partial charge >= 0.3 is 6.18 Å². The van der Waals surface area contributed by atoms with Crippen LogP contribution in [0.1, 0.15) is 25.1 Å². The Balaban J connectivity index is 0.00000176. The summed E-state index contributed by atoms with van der Waals surface area (Å²) in [6.07, 6.45) is -1.45. The normalized spacial score (nSPS) is 21.0. The Kier molecular flexibility index (Phi) is 4.62. The standard InChI is InChI=1S/C13H15F3N4O.ClH/c14-13(15,16)10-18-5-1-9(19-10)20-8-4-12(11(20)21)2-6-17-7-3-12;/h1,5,17H,2-4,6-8H2;1H. The molecule has 0 saturated carbocycles. The molecule has 1 N–H and O–H groups in total.